The first-order chi connectivity index (χ1) is 8.83. The van der Waals surface area contributed by atoms with E-state index in [1.54, 1.807) is 11.3 Å². The van der Waals surface area contributed by atoms with E-state index >= 15 is 0 Å². The van der Waals surface area contributed by atoms with Crippen molar-refractivity contribution in [3.63, 3.8) is 0 Å². The summed E-state index contributed by atoms with van der Waals surface area (Å²) in [6, 6.07) is 2.50. The summed E-state index contributed by atoms with van der Waals surface area (Å²) < 4.78 is 0. The van der Waals surface area contributed by atoms with Crippen LogP contribution >= 0.6 is 11.3 Å². The van der Waals surface area contributed by atoms with Crippen molar-refractivity contribution in [2.24, 2.45) is 5.84 Å². The highest BCUT2D eigenvalue weighted by atomic mass is 32.1. The van der Waals surface area contributed by atoms with Crippen LogP contribution in [0, 0.1) is 0 Å². The summed E-state index contributed by atoms with van der Waals surface area (Å²) in [6.45, 7) is 0.716. The smallest absolute Gasteiger partial charge is 0.240 e. The van der Waals surface area contributed by atoms with E-state index in [0.29, 0.717) is 18.5 Å². The van der Waals surface area contributed by atoms with Gasteiger partial charge in [-0.1, -0.05) is 0 Å². The number of hydrogen-bond acceptors (Lipinski definition) is 7. The van der Waals surface area contributed by atoms with E-state index in [1.807, 2.05) is 11.4 Å². The second kappa shape index (κ2) is 4.68. The van der Waals surface area contributed by atoms with E-state index < -0.39 is 0 Å². The minimum absolute atomic E-state index is 0.123. The lowest BCUT2D eigenvalue weighted by Crippen LogP contribution is -2.30. The van der Waals surface area contributed by atoms with Crippen LogP contribution in [-0.2, 0) is 0 Å². The lowest BCUT2D eigenvalue weighted by molar-refractivity contribution is 0.301. The quantitative estimate of drug-likeness (QED) is 0.551. The molecule has 1 aliphatic rings. The highest BCUT2D eigenvalue weighted by Gasteiger charge is 2.31. The topological polar surface area (TPSA) is 87.3 Å². The Labute approximate surface area is 108 Å². The number of nitrogens with one attached hydrogen (secondary N) is 1. The van der Waals surface area contributed by atoms with Gasteiger partial charge in [-0.25, -0.2) is 10.8 Å². The van der Waals surface area contributed by atoms with Crippen LogP contribution in [-0.4, -0.2) is 34.3 Å². The molecule has 2 heterocycles. The minimum atomic E-state index is 0.123. The third-order valence-electron chi connectivity index (χ3n) is 3.03. The van der Waals surface area contributed by atoms with Gasteiger partial charge in [-0.2, -0.15) is 4.98 Å². The van der Waals surface area contributed by atoms with E-state index in [0.717, 1.165) is 28.9 Å². The number of aliphatic hydroxyl groups excluding tert-OH is 1. The normalized spacial score (nSPS) is 15.0. The third kappa shape index (κ3) is 2.00. The Kier molecular flexibility index (Phi) is 3.02. The standard InChI is InChI=1S/C11H15N5OS/c12-15-11-13-9(8-3-6-18-10(8)14-11)16(4-5-17)7-1-2-7/h3,6-7,17H,1-2,4-5,12H2,(H,13,14,15). The number of nitrogens with two attached hydrogens (primary N) is 1. The first kappa shape index (κ1) is 11.6. The van der Waals surface area contributed by atoms with Crippen molar-refractivity contribution in [3.8, 4) is 0 Å². The van der Waals surface area contributed by atoms with Crippen LogP contribution in [0.15, 0.2) is 11.4 Å². The molecule has 96 valence electrons. The molecular formula is C11H15N5OS. The average molecular weight is 265 g/mol. The maximum atomic E-state index is 9.20. The molecule has 0 spiro atoms. The Morgan fingerprint density at radius 1 is 1.50 bits per heavy atom. The molecule has 0 radical (unpaired) electrons. The van der Waals surface area contributed by atoms with Crippen LogP contribution in [0.2, 0.25) is 0 Å². The van der Waals surface area contributed by atoms with Crippen molar-refractivity contribution < 1.29 is 5.11 Å². The minimum Gasteiger partial charge on any atom is -0.395 e. The molecule has 3 rings (SSSR count). The van der Waals surface area contributed by atoms with Crippen LogP contribution in [0.25, 0.3) is 10.2 Å². The summed E-state index contributed by atoms with van der Waals surface area (Å²) in [7, 11) is 0. The van der Waals surface area contributed by atoms with Gasteiger partial charge in [0.15, 0.2) is 0 Å². The van der Waals surface area contributed by atoms with Crippen LogP contribution in [0.5, 0.6) is 0 Å². The number of anilines is 2. The predicted octanol–water partition coefficient (Wildman–Crippen LogP) is 0.938. The van der Waals surface area contributed by atoms with E-state index in [1.165, 1.54) is 0 Å². The lowest BCUT2D eigenvalue weighted by atomic mass is 10.3. The van der Waals surface area contributed by atoms with Crippen molar-refractivity contribution in [2.75, 3.05) is 23.5 Å². The van der Waals surface area contributed by atoms with Crippen LogP contribution < -0.4 is 16.2 Å². The summed E-state index contributed by atoms with van der Waals surface area (Å²) in [4.78, 5) is 11.8. The lowest BCUT2D eigenvalue weighted by Gasteiger charge is -2.23. The molecule has 18 heavy (non-hydrogen) atoms. The Morgan fingerprint density at radius 3 is 3.00 bits per heavy atom. The maximum Gasteiger partial charge on any atom is 0.240 e. The Morgan fingerprint density at radius 2 is 2.33 bits per heavy atom. The fourth-order valence-electron chi connectivity index (χ4n) is 2.08. The maximum absolute atomic E-state index is 9.20. The molecule has 2 aromatic rings. The Hall–Kier alpha value is -1.44. The molecule has 2 aromatic heterocycles. The monoisotopic (exact) mass is 265 g/mol. The zero-order chi connectivity index (χ0) is 12.5. The molecule has 0 saturated heterocycles. The Balaban J connectivity index is 2.09. The third-order valence-corrected chi connectivity index (χ3v) is 3.84. The highest BCUT2D eigenvalue weighted by molar-refractivity contribution is 7.16. The molecular weight excluding hydrogens is 250 g/mol. The number of hydrazine groups is 1. The molecule has 1 saturated carbocycles. The van der Waals surface area contributed by atoms with Crippen molar-refractivity contribution in [1.29, 1.82) is 0 Å². The second-order valence-electron chi connectivity index (χ2n) is 4.30. The summed E-state index contributed by atoms with van der Waals surface area (Å²) in [6.07, 6.45) is 2.31. The van der Waals surface area contributed by atoms with Gasteiger partial charge < -0.3 is 10.0 Å². The van der Waals surface area contributed by atoms with Gasteiger partial charge in [-0.15, -0.1) is 11.3 Å². The molecule has 6 nitrogen and oxygen atoms in total. The van der Waals surface area contributed by atoms with Crippen LogP contribution in [0.4, 0.5) is 11.8 Å². The number of fused-ring (bicyclic) bond motifs is 1. The van der Waals surface area contributed by atoms with Gasteiger partial charge in [0, 0.05) is 12.6 Å². The number of rotatable bonds is 5. The zero-order valence-electron chi connectivity index (χ0n) is 9.83. The Bertz CT molecular complexity index is 553. The van der Waals surface area contributed by atoms with E-state index in [2.05, 4.69) is 20.3 Å². The number of aromatic nitrogens is 2. The van der Waals surface area contributed by atoms with Gasteiger partial charge in [0.05, 0.1) is 12.0 Å². The fourth-order valence-corrected chi connectivity index (χ4v) is 2.84. The fraction of sp³-hybridized carbons (Fsp3) is 0.455. The van der Waals surface area contributed by atoms with Gasteiger partial charge in [-0.3, -0.25) is 5.43 Å². The van der Waals surface area contributed by atoms with Gasteiger partial charge in [-0.05, 0) is 24.3 Å². The molecule has 0 aromatic carbocycles. The van der Waals surface area contributed by atoms with Gasteiger partial charge in [0.1, 0.15) is 10.6 Å². The zero-order valence-corrected chi connectivity index (χ0v) is 10.7. The summed E-state index contributed by atoms with van der Waals surface area (Å²) in [5.74, 6) is 6.69. The highest BCUT2D eigenvalue weighted by Crippen LogP contribution is 2.35. The molecule has 0 bridgehead atoms. The van der Waals surface area contributed by atoms with Crippen molar-refractivity contribution >= 4 is 33.3 Å². The average Bonchev–Trinajstić information content (AvgIpc) is 3.12. The molecule has 0 atom stereocenters. The second-order valence-corrected chi connectivity index (χ2v) is 5.20. The molecule has 1 fully saturated rings. The SMILES string of the molecule is NNc1nc(N(CCO)C2CC2)c2ccsc2n1. The molecule has 0 unspecified atom stereocenters. The molecule has 7 heteroatoms. The van der Waals surface area contributed by atoms with Crippen LogP contribution in [0.3, 0.4) is 0 Å². The number of thiophene rings is 1. The number of nitrogen functional groups attached to an aromatic ring is 1. The van der Waals surface area contributed by atoms with E-state index in [9.17, 15) is 5.11 Å². The van der Waals surface area contributed by atoms with Gasteiger partial charge >= 0.3 is 0 Å². The molecule has 0 aliphatic heterocycles. The molecule has 1 aliphatic carbocycles. The van der Waals surface area contributed by atoms with Gasteiger partial charge in [0.2, 0.25) is 5.95 Å². The van der Waals surface area contributed by atoms with Crippen molar-refractivity contribution in [2.45, 2.75) is 18.9 Å². The molecule has 0 amide bonds. The van der Waals surface area contributed by atoms with E-state index in [4.69, 9.17) is 5.84 Å². The summed E-state index contributed by atoms with van der Waals surface area (Å²) in [5, 5.41) is 12.2. The molecule has 4 N–H and O–H groups in total. The summed E-state index contributed by atoms with van der Waals surface area (Å²) in [5.41, 5.74) is 2.50. The first-order valence-electron chi connectivity index (χ1n) is 5.93. The van der Waals surface area contributed by atoms with Gasteiger partial charge in [0.25, 0.3) is 0 Å². The van der Waals surface area contributed by atoms with Crippen molar-refractivity contribution in [3.05, 3.63) is 11.4 Å². The predicted molar refractivity (Wildman–Crippen MR) is 72.7 cm³/mol. The van der Waals surface area contributed by atoms with Crippen molar-refractivity contribution in [1.82, 2.24) is 9.97 Å². The van der Waals surface area contributed by atoms with E-state index in [-0.39, 0.29) is 6.61 Å². The first-order valence-corrected chi connectivity index (χ1v) is 6.81. The summed E-state index contributed by atoms with van der Waals surface area (Å²) >= 11 is 1.56. The number of aliphatic hydroxyl groups is 1. The number of nitrogens with zero attached hydrogens (tertiary/aromatic N) is 3. The van der Waals surface area contributed by atoms with Crippen LogP contribution in [0.1, 0.15) is 12.8 Å². The largest absolute Gasteiger partial charge is 0.395 e. The number of hydrogen-bond donors (Lipinski definition) is 3.